The Morgan fingerprint density at radius 2 is 2.12 bits per heavy atom. The maximum Gasteiger partial charge on any atom is 0.168 e. The molecule has 1 aliphatic carbocycles. The molecule has 0 saturated heterocycles. The highest BCUT2D eigenvalue weighted by atomic mass is 32.1. The van der Waals surface area contributed by atoms with Crippen molar-refractivity contribution in [3.05, 3.63) is 18.0 Å². The van der Waals surface area contributed by atoms with Gasteiger partial charge < -0.3 is 5.73 Å². The van der Waals surface area contributed by atoms with Crippen molar-refractivity contribution in [3.8, 4) is 10.7 Å². The summed E-state index contributed by atoms with van der Waals surface area (Å²) in [6.45, 7) is 0. The minimum Gasteiger partial charge on any atom is -0.391 e. The summed E-state index contributed by atoms with van der Waals surface area (Å²) in [6, 6.07) is 3.94. The van der Waals surface area contributed by atoms with Gasteiger partial charge in [-0.1, -0.05) is 12.8 Å². The Bertz CT molecular complexity index is 522. The largest absolute Gasteiger partial charge is 0.391 e. The van der Waals surface area contributed by atoms with Gasteiger partial charge in [0, 0.05) is 13.0 Å². The van der Waals surface area contributed by atoms with E-state index in [0.717, 1.165) is 21.5 Å². The van der Waals surface area contributed by atoms with E-state index < -0.39 is 0 Å². The smallest absolute Gasteiger partial charge is 0.168 e. The van der Waals surface area contributed by atoms with E-state index in [2.05, 4.69) is 10.1 Å². The fourth-order valence-corrected chi connectivity index (χ4v) is 3.24. The van der Waals surface area contributed by atoms with Crippen LogP contribution in [-0.4, -0.2) is 14.8 Å². The number of hydrogen-bond acceptors (Lipinski definition) is 4. The number of anilines is 1. The Morgan fingerprint density at radius 3 is 2.76 bits per heavy atom. The molecule has 0 atom stereocenters. The van der Waals surface area contributed by atoms with Crippen LogP contribution in [0.5, 0.6) is 0 Å². The molecule has 0 amide bonds. The van der Waals surface area contributed by atoms with Crippen LogP contribution in [0.25, 0.3) is 10.7 Å². The predicted molar refractivity (Wildman–Crippen MR) is 69.9 cm³/mol. The van der Waals surface area contributed by atoms with Crippen LogP contribution in [0.2, 0.25) is 0 Å². The first-order chi connectivity index (χ1) is 8.24. The number of nitrogens with zero attached hydrogens (tertiary/aromatic N) is 3. The van der Waals surface area contributed by atoms with E-state index in [0.29, 0.717) is 5.92 Å². The van der Waals surface area contributed by atoms with Crippen LogP contribution in [0, 0.1) is 0 Å². The van der Waals surface area contributed by atoms with Crippen LogP contribution in [0.3, 0.4) is 0 Å². The van der Waals surface area contributed by atoms with Gasteiger partial charge in [0.05, 0.1) is 9.88 Å². The first-order valence-corrected chi connectivity index (χ1v) is 6.82. The average Bonchev–Trinajstić information content (AvgIpc) is 2.97. The Balaban J connectivity index is 1.95. The minimum atomic E-state index is 0.562. The predicted octanol–water partition coefficient (Wildman–Crippen LogP) is 2.78. The lowest BCUT2D eigenvalue weighted by Gasteiger charge is -2.00. The van der Waals surface area contributed by atoms with Gasteiger partial charge in [-0.25, -0.2) is 9.67 Å². The van der Waals surface area contributed by atoms with Crippen molar-refractivity contribution in [2.75, 3.05) is 5.73 Å². The maximum atomic E-state index is 5.76. The van der Waals surface area contributed by atoms with Crippen molar-refractivity contribution in [3.63, 3.8) is 0 Å². The maximum absolute atomic E-state index is 5.76. The lowest BCUT2D eigenvalue weighted by Crippen LogP contribution is -1.97. The number of rotatable bonds is 2. The molecule has 5 heteroatoms. The molecular formula is C12H16N4S. The average molecular weight is 248 g/mol. The SMILES string of the molecule is Cn1nc(C2CCCC2)nc1-c1ccc(N)s1. The lowest BCUT2D eigenvalue weighted by atomic mass is 10.1. The number of nitrogen functional groups attached to an aromatic ring is 1. The molecular weight excluding hydrogens is 232 g/mol. The molecule has 1 saturated carbocycles. The van der Waals surface area contributed by atoms with Crippen LogP contribution >= 0.6 is 11.3 Å². The fourth-order valence-electron chi connectivity index (χ4n) is 2.45. The van der Waals surface area contributed by atoms with Crippen LogP contribution in [0.15, 0.2) is 12.1 Å². The van der Waals surface area contributed by atoms with Gasteiger partial charge in [0.2, 0.25) is 0 Å². The van der Waals surface area contributed by atoms with E-state index in [-0.39, 0.29) is 0 Å². The van der Waals surface area contributed by atoms with Gasteiger partial charge >= 0.3 is 0 Å². The summed E-state index contributed by atoms with van der Waals surface area (Å²) in [7, 11) is 1.96. The fraction of sp³-hybridized carbons (Fsp3) is 0.500. The van der Waals surface area contributed by atoms with E-state index >= 15 is 0 Å². The van der Waals surface area contributed by atoms with E-state index in [1.807, 2.05) is 23.9 Å². The first kappa shape index (κ1) is 10.8. The van der Waals surface area contributed by atoms with Crippen molar-refractivity contribution in [2.24, 2.45) is 7.05 Å². The van der Waals surface area contributed by atoms with Gasteiger partial charge in [-0.15, -0.1) is 11.3 Å². The topological polar surface area (TPSA) is 56.7 Å². The third-order valence-electron chi connectivity index (χ3n) is 3.35. The summed E-state index contributed by atoms with van der Waals surface area (Å²) in [6.07, 6.45) is 5.08. The third-order valence-corrected chi connectivity index (χ3v) is 4.26. The number of nitrogens with two attached hydrogens (primary N) is 1. The zero-order chi connectivity index (χ0) is 11.8. The monoisotopic (exact) mass is 248 g/mol. The van der Waals surface area contributed by atoms with Crippen LogP contribution < -0.4 is 5.73 Å². The van der Waals surface area contributed by atoms with E-state index in [1.54, 1.807) is 11.3 Å². The van der Waals surface area contributed by atoms with Crippen LogP contribution in [-0.2, 0) is 7.05 Å². The summed E-state index contributed by atoms with van der Waals surface area (Å²) in [5.74, 6) is 2.51. The van der Waals surface area contributed by atoms with Crippen molar-refractivity contribution in [1.82, 2.24) is 14.8 Å². The summed E-state index contributed by atoms with van der Waals surface area (Å²) < 4.78 is 1.87. The number of aryl methyl sites for hydroxylation is 1. The molecule has 4 nitrogen and oxygen atoms in total. The zero-order valence-electron chi connectivity index (χ0n) is 9.89. The lowest BCUT2D eigenvalue weighted by molar-refractivity contribution is 0.648. The molecule has 2 aromatic heterocycles. The van der Waals surface area contributed by atoms with Crippen LogP contribution in [0.4, 0.5) is 5.00 Å². The van der Waals surface area contributed by atoms with E-state index in [1.165, 1.54) is 25.7 Å². The van der Waals surface area contributed by atoms with Crippen molar-refractivity contribution in [1.29, 1.82) is 0 Å². The molecule has 17 heavy (non-hydrogen) atoms. The molecule has 2 heterocycles. The van der Waals surface area contributed by atoms with Crippen LogP contribution in [0.1, 0.15) is 37.4 Å². The van der Waals surface area contributed by atoms with Gasteiger partial charge in [0.15, 0.2) is 11.6 Å². The Kier molecular flexibility index (Phi) is 2.63. The second-order valence-electron chi connectivity index (χ2n) is 4.60. The Morgan fingerprint density at radius 1 is 1.35 bits per heavy atom. The molecule has 1 aliphatic rings. The molecule has 0 aliphatic heterocycles. The van der Waals surface area contributed by atoms with Gasteiger partial charge in [-0.2, -0.15) is 5.10 Å². The third kappa shape index (κ3) is 1.95. The quantitative estimate of drug-likeness (QED) is 0.889. The highest BCUT2D eigenvalue weighted by Crippen LogP contribution is 2.34. The van der Waals surface area contributed by atoms with Crippen molar-refractivity contribution < 1.29 is 0 Å². The number of hydrogen-bond donors (Lipinski definition) is 1. The number of aromatic nitrogens is 3. The molecule has 0 radical (unpaired) electrons. The highest BCUT2D eigenvalue weighted by molar-refractivity contribution is 7.19. The molecule has 0 spiro atoms. The summed E-state index contributed by atoms with van der Waals surface area (Å²) in [5.41, 5.74) is 5.76. The van der Waals surface area contributed by atoms with E-state index in [9.17, 15) is 0 Å². The van der Waals surface area contributed by atoms with Crippen molar-refractivity contribution >= 4 is 16.3 Å². The molecule has 0 unspecified atom stereocenters. The Labute approximate surface area is 104 Å². The molecule has 90 valence electrons. The number of thiophene rings is 1. The van der Waals surface area contributed by atoms with Gasteiger partial charge in [0.1, 0.15) is 0 Å². The molecule has 1 fully saturated rings. The van der Waals surface area contributed by atoms with Gasteiger partial charge in [-0.3, -0.25) is 0 Å². The molecule has 2 N–H and O–H groups in total. The van der Waals surface area contributed by atoms with Gasteiger partial charge in [0.25, 0.3) is 0 Å². The molecule has 2 aromatic rings. The first-order valence-electron chi connectivity index (χ1n) is 6.00. The van der Waals surface area contributed by atoms with Crippen molar-refractivity contribution in [2.45, 2.75) is 31.6 Å². The van der Waals surface area contributed by atoms with Gasteiger partial charge in [-0.05, 0) is 25.0 Å². The summed E-state index contributed by atoms with van der Waals surface area (Å²) in [4.78, 5) is 5.78. The minimum absolute atomic E-state index is 0.562. The normalized spacial score (nSPS) is 16.8. The van der Waals surface area contributed by atoms with E-state index in [4.69, 9.17) is 5.73 Å². The molecule has 0 aromatic carbocycles. The molecule has 0 bridgehead atoms. The zero-order valence-corrected chi connectivity index (χ0v) is 10.7. The Hall–Kier alpha value is -1.36. The second-order valence-corrected chi connectivity index (χ2v) is 5.72. The summed E-state index contributed by atoms with van der Waals surface area (Å²) >= 11 is 1.57. The highest BCUT2D eigenvalue weighted by Gasteiger charge is 2.22. The standard InChI is InChI=1S/C12H16N4S/c1-16-12(9-6-7-10(13)17-9)14-11(15-16)8-4-2-3-5-8/h6-8H,2-5,13H2,1H3. The summed E-state index contributed by atoms with van der Waals surface area (Å²) in [5, 5.41) is 5.37. The molecule has 3 rings (SSSR count). The second kappa shape index (κ2) is 4.14.